The molecule has 4 heterocycles. The second-order valence-corrected chi connectivity index (χ2v) is 14.0. The number of aromatic nitrogens is 5. The zero-order valence-corrected chi connectivity index (χ0v) is 27.1. The summed E-state index contributed by atoms with van der Waals surface area (Å²) in [6.45, 7) is 3.82. The van der Waals surface area contributed by atoms with Crippen LogP contribution < -0.4 is 15.5 Å². The molecule has 0 atom stereocenters. The number of hydrogen-bond acceptors (Lipinski definition) is 9. The highest BCUT2D eigenvalue weighted by Gasteiger charge is 2.38. The highest BCUT2D eigenvalue weighted by atomic mass is 32.2. The van der Waals surface area contributed by atoms with Crippen molar-refractivity contribution >= 4 is 50.0 Å². The lowest BCUT2D eigenvalue weighted by molar-refractivity contribution is -0.192. The molecular formula is C29H36F3N9O5S. The second kappa shape index (κ2) is 13.1. The average Bonchev–Trinajstić information content (AvgIpc) is 3.56. The van der Waals surface area contributed by atoms with E-state index in [1.807, 2.05) is 32.3 Å². The SMILES string of the molecule is Cc1cn2cc(NC(=O)c3ccc(N4CCC(NC5CC5)CC4)c4cn(C)nc34)nc2c(CN(C)S(C)(=O)=O)n1.O=C(O)C(F)(F)F. The monoisotopic (exact) mass is 679 g/mol. The number of nitrogens with one attached hydrogen (secondary N) is 2. The van der Waals surface area contributed by atoms with Gasteiger partial charge in [0.25, 0.3) is 5.91 Å². The Labute approximate surface area is 268 Å². The number of hydrogen-bond donors (Lipinski definition) is 3. The number of halogens is 3. The Kier molecular flexibility index (Phi) is 9.47. The van der Waals surface area contributed by atoms with Gasteiger partial charge in [-0.25, -0.2) is 18.2 Å². The van der Waals surface area contributed by atoms with E-state index in [-0.39, 0.29) is 12.5 Å². The molecule has 1 saturated carbocycles. The topological polar surface area (TPSA) is 167 Å². The summed E-state index contributed by atoms with van der Waals surface area (Å²) in [7, 11) is -0.0342. The summed E-state index contributed by atoms with van der Waals surface area (Å²) < 4.78 is 60.4. The quantitative estimate of drug-likeness (QED) is 0.252. The van der Waals surface area contributed by atoms with Crippen molar-refractivity contribution in [2.45, 2.75) is 57.4 Å². The summed E-state index contributed by atoms with van der Waals surface area (Å²) in [5.41, 5.74) is 3.90. The number of aliphatic carboxylic acids is 1. The number of carboxylic acids is 1. The number of amides is 1. The zero-order chi connectivity index (χ0) is 34.3. The Hall–Kier alpha value is -4.29. The maximum absolute atomic E-state index is 13.5. The normalized spacial score (nSPS) is 16.0. The minimum absolute atomic E-state index is 0.0678. The molecule has 1 amide bonds. The van der Waals surface area contributed by atoms with Crippen LogP contribution in [-0.4, -0.2) is 98.5 Å². The number of sulfonamides is 1. The number of nitrogens with zero attached hydrogens (tertiary/aromatic N) is 7. The first kappa shape index (κ1) is 34.1. The van der Waals surface area contributed by atoms with Gasteiger partial charge in [0.1, 0.15) is 5.52 Å². The summed E-state index contributed by atoms with van der Waals surface area (Å²) >= 11 is 0. The molecular weight excluding hydrogens is 643 g/mol. The van der Waals surface area contributed by atoms with E-state index in [0.29, 0.717) is 46.0 Å². The number of benzene rings is 1. The van der Waals surface area contributed by atoms with Crippen LogP contribution >= 0.6 is 0 Å². The lowest BCUT2D eigenvalue weighted by Gasteiger charge is -2.34. The molecule has 2 fully saturated rings. The van der Waals surface area contributed by atoms with Crippen LogP contribution in [0, 0.1) is 6.92 Å². The number of piperidine rings is 1. The molecule has 6 rings (SSSR count). The standard InChI is InChI=1S/C27H35N9O3S.C2HF3O2/c1-17-13-36-16-24(30-26(36)22(28-17)15-34(3)40(4,38)39)31-27(37)20-7-8-23(21-14-33(2)32-25(20)21)35-11-9-19(10-12-35)29-18-5-6-18;3-2(4,5)1(6)7/h7-8,13-14,16,18-19,29H,5-6,9-12,15H2,1-4H3,(H,31,37);(H,6,7). The van der Waals surface area contributed by atoms with Crippen LogP contribution in [0.2, 0.25) is 0 Å². The van der Waals surface area contributed by atoms with E-state index >= 15 is 0 Å². The third kappa shape index (κ3) is 8.17. The van der Waals surface area contributed by atoms with E-state index in [1.165, 1.54) is 24.2 Å². The molecule has 14 nitrogen and oxygen atoms in total. The third-order valence-electron chi connectivity index (χ3n) is 7.95. The summed E-state index contributed by atoms with van der Waals surface area (Å²) in [5.74, 6) is -2.72. The molecule has 1 aliphatic carbocycles. The summed E-state index contributed by atoms with van der Waals surface area (Å²) in [6, 6.07) is 5.15. The van der Waals surface area contributed by atoms with Crippen LogP contribution in [0.5, 0.6) is 0 Å². The van der Waals surface area contributed by atoms with Crippen LogP contribution in [0.4, 0.5) is 24.7 Å². The molecule has 4 aromatic rings. The molecule has 1 saturated heterocycles. The fraction of sp³-hybridized carbons (Fsp3) is 0.483. The van der Waals surface area contributed by atoms with Gasteiger partial charge in [-0.05, 0) is 44.7 Å². The van der Waals surface area contributed by atoms with Crippen LogP contribution in [0.25, 0.3) is 16.6 Å². The van der Waals surface area contributed by atoms with Gasteiger partial charge in [-0.2, -0.15) is 22.6 Å². The number of carbonyl (C=O) groups excluding carboxylic acids is 1. The van der Waals surface area contributed by atoms with E-state index < -0.39 is 22.2 Å². The van der Waals surface area contributed by atoms with Crippen molar-refractivity contribution in [3.05, 3.63) is 47.7 Å². The fourth-order valence-electron chi connectivity index (χ4n) is 5.41. The second-order valence-electron chi connectivity index (χ2n) is 11.9. The first-order chi connectivity index (χ1) is 22.0. The number of aryl methyl sites for hydroxylation is 2. The minimum Gasteiger partial charge on any atom is -0.475 e. The number of rotatable bonds is 8. The van der Waals surface area contributed by atoms with E-state index in [4.69, 9.17) is 9.90 Å². The Bertz CT molecular complexity index is 1910. The summed E-state index contributed by atoms with van der Waals surface area (Å²) in [4.78, 5) is 33.8. The first-order valence-electron chi connectivity index (χ1n) is 14.8. The number of fused-ring (bicyclic) bond motifs is 2. The van der Waals surface area contributed by atoms with E-state index in [0.717, 1.165) is 43.3 Å². The van der Waals surface area contributed by atoms with E-state index in [1.54, 1.807) is 21.5 Å². The number of alkyl halides is 3. The van der Waals surface area contributed by atoms with Crippen molar-refractivity contribution in [2.75, 3.05) is 36.6 Å². The molecule has 3 N–H and O–H groups in total. The molecule has 1 aromatic carbocycles. The molecule has 0 bridgehead atoms. The van der Waals surface area contributed by atoms with Gasteiger partial charge in [0.05, 0.1) is 35.9 Å². The van der Waals surface area contributed by atoms with Crippen LogP contribution in [0.3, 0.4) is 0 Å². The Morgan fingerprint density at radius 1 is 1.06 bits per heavy atom. The van der Waals surface area contributed by atoms with Crippen LogP contribution in [0.1, 0.15) is 47.4 Å². The molecule has 0 radical (unpaired) electrons. The molecule has 0 unspecified atom stereocenters. The molecule has 3 aromatic heterocycles. The lowest BCUT2D eigenvalue weighted by Crippen LogP contribution is -2.43. The van der Waals surface area contributed by atoms with Crippen molar-refractivity contribution in [1.82, 2.24) is 33.8 Å². The molecule has 0 spiro atoms. The van der Waals surface area contributed by atoms with Gasteiger partial charge < -0.3 is 25.0 Å². The first-order valence-corrected chi connectivity index (χ1v) is 16.7. The van der Waals surface area contributed by atoms with Gasteiger partial charge in [-0.3, -0.25) is 14.5 Å². The van der Waals surface area contributed by atoms with Gasteiger partial charge >= 0.3 is 12.1 Å². The van der Waals surface area contributed by atoms with E-state index in [2.05, 4.69) is 30.6 Å². The lowest BCUT2D eigenvalue weighted by atomic mass is 10.0. The van der Waals surface area contributed by atoms with Gasteiger partial charge in [-0.1, -0.05) is 0 Å². The highest BCUT2D eigenvalue weighted by molar-refractivity contribution is 7.88. The largest absolute Gasteiger partial charge is 0.490 e. The molecule has 2 aliphatic rings. The highest BCUT2D eigenvalue weighted by Crippen LogP contribution is 2.32. The number of carbonyl (C=O) groups is 2. The fourth-order valence-corrected chi connectivity index (χ4v) is 5.77. The van der Waals surface area contributed by atoms with Gasteiger partial charge in [0, 0.05) is 62.7 Å². The van der Waals surface area contributed by atoms with Gasteiger partial charge in [0.2, 0.25) is 10.0 Å². The number of carboxylic acid groups (broad SMARTS) is 1. The predicted octanol–water partition coefficient (Wildman–Crippen LogP) is 2.92. The van der Waals surface area contributed by atoms with Crippen LogP contribution in [-0.2, 0) is 28.4 Å². The predicted molar refractivity (Wildman–Crippen MR) is 168 cm³/mol. The Morgan fingerprint density at radius 3 is 2.30 bits per heavy atom. The zero-order valence-electron chi connectivity index (χ0n) is 26.2. The maximum atomic E-state index is 13.5. The summed E-state index contributed by atoms with van der Waals surface area (Å²) in [5, 5.41) is 19.4. The average molecular weight is 680 g/mol. The van der Waals surface area contributed by atoms with Crippen LogP contribution in [0.15, 0.2) is 30.7 Å². The third-order valence-corrected chi connectivity index (χ3v) is 9.21. The van der Waals surface area contributed by atoms with Crippen molar-refractivity contribution in [3.63, 3.8) is 0 Å². The smallest absolute Gasteiger partial charge is 0.475 e. The Balaban J connectivity index is 0.000000559. The molecule has 1 aliphatic heterocycles. The minimum atomic E-state index is -5.08. The molecule has 47 heavy (non-hydrogen) atoms. The van der Waals surface area contributed by atoms with E-state index in [9.17, 15) is 26.4 Å². The molecule has 254 valence electrons. The Morgan fingerprint density at radius 2 is 1.70 bits per heavy atom. The van der Waals surface area contributed by atoms with Crippen molar-refractivity contribution < 1.29 is 36.3 Å². The van der Waals surface area contributed by atoms with Gasteiger partial charge in [0.15, 0.2) is 11.5 Å². The molecule has 18 heteroatoms. The number of imidazole rings is 1. The van der Waals surface area contributed by atoms with Gasteiger partial charge in [-0.15, -0.1) is 0 Å². The number of anilines is 2. The van der Waals surface area contributed by atoms with Crippen molar-refractivity contribution in [3.8, 4) is 0 Å². The van der Waals surface area contributed by atoms with Crippen molar-refractivity contribution in [1.29, 1.82) is 0 Å². The summed E-state index contributed by atoms with van der Waals surface area (Å²) in [6.07, 6.45) is 6.33. The van der Waals surface area contributed by atoms with Crippen molar-refractivity contribution in [2.24, 2.45) is 7.05 Å². The maximum Gasteiger partial charge on any atom is 0.490 e.